The summed E-state index contributed by atoms with van der Waals surface area (Å²) < 4.78 is 0. The number of aromatic nitrogens is 2. The Labute approximate surface area is 139 Å². The van der Waals surface area contributed by atoms with Crippen molar-refractivity contribution < 1.29 is 4.79 Å². The van der Waals surface area contributed by atoms with Crippen molar-refractivity contribution in [3.8, 4) is 0 Å². The number of amides is 1. The second kappa shape index (κ2) is 6.16. The maximum atomic E-state index is 12.0. The fourth-order valence-electron chi connectivity index (χ4n) is 2.70. The molecule has 2 fully saturated rings. The van der Waals surface area contributed by atoms with Crippen LogP contribution in [0.3, 0.4) is 0 Å². The minimum Gasteiger partial charge on any atom is -0.353 e. The first-order valence-electron chi connectivity index (χ1n) is 7.96. The molecule has 0 aromatic carbocycles. The van der Waals surface area contributed by atoms with Gasteiger partial charge in [0.25, 0.3) is 5.91 Å². The number of piperazine rings is 1. The summed E-state index contributed by atoms with van der Waals surface area (Å²) in [5.74, 6) is 0.923. The molecule has 7 heteroatoms. The van der Waals surface area contributed by atoms with Crippen LogP contribution in [0.4, 0.5) is 10.9 Å². The van der Waals surface area contributed by atoms with E-state index in [2.05, 4.69) is 25.1 Å². The second-order valence-corrected chi connectivity index (χ2v) is 6.81. The fraction of sp³-hybridized carbons (Fsp3) is 0.438. The fourth-order valence-corrected chi connectivity index (χ4v) is 3.40. The molecule has 1 aliphatic heterocycles. The number of thiazole rings is 1. The van der Waals surface area contributed by atoms with Crippen molar-refractivity contribution in [2.75, 3.05) is 36.0 Å². The van der Waals surface area contributed by atoms with E-state index in [1.165, 1.54) is 0 Å². The molecule has 1 saturated carbocycles. The van der Waals surface area contributed by atoms with Crippen molar-refractivity contribution in [3.63, 3.8) is 0 Å². The summed E-state index contributed by atoms with van der Waals surface area (Å²) in [6.45, 7) is 3.72. The van der Waals surface area contributed by atoms with Crippen molar-refractivity contribution in [1.29, 1.82) is 0 Å². The van der Waals surface area contributed by atoms with Gasteiger partial charge in [0.2, 0.25) is 0 Å². The number of anilines is 2. The molecule has 120 valence electrons. The zero-order chi connectivity index (χ0) is 15.6. The van der Waals surface area contributed by atoms with E-state index in [-0.39, 0.29) is 5.91 Å². The van der Waals surface area contributed by atoms with E-state index in [1.54, 1.807) is 17.5 Å². The molecule has 1 aliphatic carbocycles. The zero-order valence-electron chi connectivity index (χ0n) is 12.8. The van der Waals surface area contributed by atoms with Crippen LogP contribution in [0.15, 0.2) is 29.9 Å². The molecule has 2 aliphatic rings. The number of hydrogen-bond acceptors (Lipinski definition) is 6. The average molecular weight is 329 g/mol. The lowest BCUT2D eigenvalue weighted by Crippen LogP contribution is -2.46. The van der Waals surface area contributed by atoms with Gasteiger partial charge < -0.3 is 15.1 Å². The van der Waals surface area contributed by atoms with Crippen LogP contribution in [0.25, 0.3) is 0 Å². The van der Waals surface area contributed by atoms with Gasteiger partial charge in [-0.05, 0) is 25.0 Å². The summed E-state index contributed by atoms with van der Waals surface area (Å²) in [6.07, 6.45) is 5.72. The van der Waals surface area contributed by atoms with Gasteiger partial charge in [0.15, 0.2) is 5.13 Å². The molecular weight excluding hydrogens is 310 g/mol. The van der Waals surface area contributed by atoms with Gasteiger partial charge in [-0.2, -0.15) is 0 Å². The lowest BCUT2D eigenvalue weighted by molar-refractivity contribution is 0.0950. The average Bonchev–Trinajstić information content (AvgIpc) is 3.24. The first-order valence-corrected chi connectivity index (χ1v) is 8.84. The van der Waals surface area contributed by atoms with E-state index in [0.717, 1.165) is 50.0 Å². The van der Waals surface area contributed by atoms with Crippen LogP contribution in [0.2, 0.25) is 0 Å². The minimum absolute atomic E-state index is 0.0138. The Morgan fingerprint density at radius 3 is 2.52 bits per heavy atom. The van der Waals surface area contributed by atoms with Gasteiger partial charge in [0.1, 0.15) is 5.82 Å². The molecule has 2 aromatic rings. The summed E-state index contributed by atoms with van der Waals surface area (Å²) in [7, 11) is 0. The normalized spacial score (nSPS) is 18.1. The SMILES string of the molecule is O=C(NC1CC1)c1ccc(N2CCN(c3nccs3)CC2)nc1. The van der Waals surface area contributed by atoms with Crippen LogP contribution in [-0.4, -0.2) is 48.1 Å². The predicted octanol–water partition coefficient (Wildman–Crippen LogP) is 1.76. The molecule has 0 spiro atoms. The van der Waals surface area contributed by atoms with Crippen LogP contribution in [0, 0.1) is 0 Å². The molecule has 0 bridgehead atoms. The first-order chi connectivity index (χ1) is 11.3. The molecule has 1 amide bonds. The Hall–Kier alpha value is -2.15. The molecule has 6 nitrogen and oxygen atoms in total. The van der Waals surface area contributed by atoms with Gasteiger partial charge in [-0.1, -0.05) is 0 Å². The Bertz CT molecular complexity index is 660. The Morgan fingerprint density at radius 2 is 1.91 bits per heavy atom. The highest BCUT2D eigenvalue weighted by atomic mass is 32.1. The van der Waals surface area contributed by atoms with Crippen LogP contribution in [0.1, 0.15) is 23.2 Å². The number of pyridine rings is 1. The van der Waals surface area contributed by atoms with Gasteiger partial charge in [-0.25, -0.2) is 9.97 Å². The maximum Gasteiger partial charge on any atom is 0.253 e. The quantitative estimate of drug-likeness (QED) is 0.926. The van der Waals surface area contributed by atoms with E-state index >= 15 is 0 Å². The van der Waals surface area contributed by atoms with Gasteiger partial charge in [0, 0.05) is 50.0 Å². The molecule has 1 saturated heterocycles. The molecular formula is C16H19N5OS. The standard InChI is InChI=1S/C16H19N5OS/c22-15(19-13-2-3-13)12-1-4-14(18-11-12)20-6-8-21(9-7-20)16-17-5-10-23-16/h1,4-5,10-11,13H,2-3,6-9H2,(H,19,22). The molecule has 0 radical (unpaired) electrons. The third-order valence-corrected chi connectivity index (χ3v) is 5.05. The van der Waals surface area contributed by atoms with Crippen molar-refractivity contribution in [3.05, 3.63) is 35.5 Å². The number of carbonyl (C=O) groups excluding carboxylic acids is 1. The van der Waals surface area contributed by atoms with Gasteiger partial charge in [0.05, 0.1) is 5.56 Å². The lowest BCUT2D eigenvalue weighted by Gasteiger charge is -2.35. The third kappa shape index (κ3) is 3.29. The molecule has 23 heavy (non-hydrogen) atoms. The smallest absolute Gasteiger partial charge is 0.253 e. The molecule has 4 rings (SSSR count). The summed E-state index contributed by atoms with van der Waals surface area (Å²) in [4.78, 5) is 25.4. The predicted molar refractivity (Wildman–Crippen MR) is 91.3 cm³/mol. The maximum absolute atomic E-state index is 12.0. The number of rotatable bonds is 4. The third-order valence-electron chi connectivity index (χ3n) is 4.22. The molecule has 0 unspecified atom stereocenters. The van der Waals surface area contributed by atoms with Gasteiger partial charge in [-0.15, -0.1) is 11.3 Å². The number of hydrogen-bond donors (Lipinski definition) is 1. The molecule has 2 aromatic heterocycles. The van der Waals surface area contributed by atoms with E-state index in [9.17, 15) is 4.79 Å². The van der Waals surface area contributed by atoms with E-state index in [1.807, 2.05) is 23.7 Å². The van der Waals surface area contributed by atoms with Crippen LogP contribution >= 0.6 is 11.3 Å². The minimum atomic E-state index is -0.0138. The largest absolute Gasteiger partial charge is 0.353 e. The highest BCUT2D eigenvalue weighted by Crippen LogP contribution is 2.22. The van der Waals surface area contributed by atoms with E-state index < -0.39 is 0 Å². The van der Waals surface area contributed by atoms with Crippen molar-refractivity contribution in [2.24, 2.45) is 0 Å². The number of carbonyl (C=O) groups is 1. The summed E-state index contributed by atoms with van der Waals surface area (Å²) in [5.41, 5.74) is 0.641. The molecule has 0 atom stereocenters. The zero-order valence-corrected chi connectivity index (χ0v) is 13.6. The number of nitrogens with zero attached hydrogens (tertiary/aromatic N) is 4. The second-order valence-electron chi connectivity index (χ2n) is 5.94. The van der Waals surface area contributed by atoms with Crippen LogP contribution in [-0.2, 0) is 0 Å². The highest BCUT2D eigenvalue weighted by Gasteiger charge is 2.24. The van der Waals surface area contributed by atoms with Crippen molar-refractivity contribution in [1.82, 2.24) is 15.3 Å². The monoisotopic (exact) mass is 329 g/mol. The summed E-state index contributed by atoms with van der Waals surface area (Å²) in [5, 5.41) is 6.08. The Morgan fingerprint density at radius 1 is 1.13 bits per heavy atom. The van der Waals surface area contributed by atoms with Gasteiger partial charge >= 0.3 is 0 Å². The topological polar surface area (TPSA) is 61.4 Å². The molecule has 1 N–H and O–H groups in total. The summed E-state index contributed by atoms with van der Waals surface area (Å²) >= 11 is 1.68. The van der Waals surface area contributed by atoms with Gasteiger partial charge in [-0.3, -0.25) is 4.79 Å². The van der Waals surface area contributed by atoms with Crippen LogP contribution in [0.5, 0.6) is 0 Å². The van der Waals surface area contributed by atoms with Crippen molar-refractivity contribution in [2.45, 2.75) is 18.9 Å². The van der Waals surface area contributed by atoms with E-state index in [0.29, 0.717) is 11.6 Å². The Kier molecular flexibility index (Phi) is 3.87. The molecule has 3 heterocycles. The van der Waals surface area contributed by atoms with Crippen LogP contribution < -0.4 is 15.1 Å². The highest BCUT2D eigenvalue weighted by molar-refractivity contribution is 7.13. The lowest BCUT2D eigenvalue weighted by atomic mass is 10.2. The number of nitrogens with one attached hydrogen (secondary N) is 1. The van der Waals surface area contributed by atoms with E-state index in [4.69, 9.17) is 0 Å². The Balaban J connectivity index is 1.36. The first kappa shape index (κ1) is 14.4. The van der Waals surface area contributed by atoms with Crippen molar-refractivity contribution >= 4 is 28.2 Å². The summed E-state index contributed by atoms with van der Waals surface area (Å²) in [6, 6.07) is 4.19.